The number of rotatable bonds is 6. The zero-order chi connectivity index (χ0) is 21.1. The number of halogens is 2. The second kappa shape index (κ2) is 8.97. The fourth-order valence-electron chi connectivity index (χ4n) is 2.84. The number of phenols is 1. The van der Waals surface area contributed by atoms with Crippen LogP contribution in [0.4, 0.5) is 0 Å². The molecule has 8 heteroatoms. The van der Waals surface area contributed by atoms with Crippen LogP contribution >= 0.6 is 27.5 Å². The Kier molecular flexibility index (Phi) is 6.59. The number of nitrogens with zero attached hydrogens (tertiary/aromatic N) is 3. The van der Waals surface area contributed by atoms with Crippen molar-refractivity contribution in [1.29, 1.82) is 0 Å². The van der Waals surface area contributed by atoms with Crippen LogP contribution in [0.3, 0.4) is 0 Å². The molecule has 0 fully saturated rings. The van der Waals surface area contributed by atoms with Gasteiger partial charge in [-0.15, -0.1) is 0 Å². The van der Waals surface area contributed by atoms with E-state index in [-0.39, 0.29) is 28.0 Å². The van der Waals surface area contributed by atoms with Gasteiger partial charge < -0.3 is 9.84 Å². The summed E-state index contributed by atoms with van der Waals surface area (Å²) < 4.78 is 7.52. The molecule has 152 valence electrons. The topological polar surface area (TPSA) is 76.7 Å². The lowest BCUT2D eigenvalue weighted by Gasteiger charge is -2.14. The third-order valence-electron chi connectivity index (χ3n) is 4.56. The van der Waals surface area contributed by atoms with Crippen molar-refractivity contribution in [3.8, 4) is 11.5 Å². The number of benzene rings is 2. The van der Waals surface area contributed by atoms with Crippen LogP contribution in [0.25, 0.3) is 10.9 Å². The molecule has 0 aliphatic rings. The summed E-state index contributed by atoms with van der Waals surface area (Å²) >= 11 is 9.49. The highest BCUT2D eigenvalue weighted by Crippen LogP contribution is 2.34. The van der Waals surface area contributed by atoms with Gasteiger partial charge in [0.25, 0.3) is 5.56 Å². The lowest BCUT2D eigenvalue weighted by molar-refractivity contribution is 0.318. The summed E-state index contributed by atoms with van der Waals surface area (Å²) in [7, 11) is 0. The van der Waals surface area contributed by atoms with Crippen molar-refractivity contribution < 1.29 is 9.84 Å². The first kappa shape index (κ1) is 21.3. The summed E-state index contributed by atoms with van der Waals surface area (Å²) in [5.74, 6) is 0.755. The smallest absolute Gasteiger partial charge is 0.282 e. The van der Waals surface area contributed by atoms with Gasteiger partial charge in [-0.3, -0.25) is 4.79 Å². The van der Waals surface area contributed by atoms with Gasteiger partial charge in [-0.2, -0.15) is 9.78 Å². The van der Waals surface area contributed by atoms with E-state index >= 15 is 0 Å². The molecule has 1 atom stereocenters. The first-order valence-electron chi connectivity index (χ1n) is 9.27. The van der Waals surface area contributed by atoms with Gasteiger partial charge in [0.15, 0.2) is 11.5 Å². The molecule has 6 nitrogen and oxygen atoms in total. The molecule has 0 spiro atoms. The maximum atomic E-state index is 13.1. The number of phenolic OH excluding ortho intramolecular Hbond substituents is 1. The summed E-state index contributed by atoms with van der Waals surface area (Å²) in [6.45, 7) is 6.23. The fraction of sp³-hybridized carbons (Fsp3) is 0.286. The van der Waals surface area contributed by atoms with Gasteiger partial charge in [-0.05, 0) is 49.2 Å². The molecule has 0 saturated carbocycles. The second-order valence-electron chi connectivity index (χ2n) is 6.58. The zero-order valence-corrected chi connectivity index (χ0v) is 18.7. The van der Waals surface area contributed by atoms with Crippen LogP contribution in [-0.4, -0.2) is 27.6 Å². The van der Waals surface area contributed by atoms with Crippen molar-refractivity contribution >= 4 is 44.6 Å². The average molecular weight is 479 g/mol. The minimum atomic E-state index is -0.252. The van der Waals surface area contributed by atoms with Crippen LogP contribution in [0, 0.1) is 0 Å². The number of hydrogen-bond acceptors (Lipinski definition) is 5. The average Bonchev–Trinajstić information content (AvgIpc) is 2.70. The molecule has 3 aromatic rings. The minimum Gasteiger partial charge on any atom is -0.503 e. The van der Waals surface area contributed by atoms with E-state index in [1.807, 2.05) is 32.9 Å². The molecule has 29 heavy (non-hydrogen) atoms. The Hall–Kier alpha value is -2.38. The maximum absolute atomic E-state index is 13.1. The number of hydrogen-bond donors (Lipinski definition) is 1. The van der Waals surface area contributed by atoms with E-state index in [1.54, 1.807) is 18.2 Å². The molecule has 0 bridgehead atoms. The van der Waals surface area contributed by atoms with Crippen molar-refractivity contribution in [2.75, 3.05) is 6.61 Å². The molecule has 1 heterocycles. The summed E-state index contributed by atoms with van der Waals surface area (Å²) in [4.78, 5) is 17.8. The van der Waals surface area contributed by atoms with Crippen LogP contribution in [0.15, 0.2) is 44.7 Å². The molecule has 0 amide bonds. The highest BCUT2D eigenvalue weighted by Gasteiger charge is 2.16. The maximum Gasteiger partial charge on any atom is 0.282 e. The van der Waals surface area contributed by atoms with E-state index in [0.29, 0.717) is 28.9 Å². The number of aromatic nitrogens is 2. The highest BCUT2D eigenvalue weighted by molar-refractivity contribution is 9.10. The van der Waals surface area contributed by atoms with Crippen LogP contribution in [-0.2, 0) is 0 Å². The Labute approximate surface area is 181 Å². The van der Waals surface area contributed by atoms with Crippen molar-refractivity contribution in [2.45, 2.75) is 33.1 Å². The molecule has 0 radical (unpaired) electrons. The monoisotopic (exact) mass is 477 g/mol. The molecular formula is C21H21BrClN3O3. The molecule has 0 aliphatic heterocycles. The van der Waals surface area contributed by atoms with Crippen LogP contribution in [0.5, 0.6) is 11.5 Å². The summed E-state index contributed by atoms with van der Waals surface area (Å²) in [6.07, 6.45) is 2.32. The first-order chi connectivity index (χ1) is 13.8. The molecule has 0 aliphatic carbocycles. The third-order valence-corrected chi connectivity index (χ3v) is 5.34. The number of fused-ring (bicyclic) bond motifs is 1. The fourth-order valence-corrected chi connectivity index (χ4v) is 3.42. The Balaban J connectivity index is 2.16. The Morgan fingerprint density at radius 2 is 2.10 bits per heavy atom. The normalized spacial score (nSPS) is 12.6. The zero-order valence-electron chi connectivity index (χ0n) is 16.3. The van der Waals surface area contributed by atoms with E-state index in [0.717, 1.165) is 10.9 Å². The molecule has 3 rings (SSSR count). The Bertz CT molecular complexity index is 1140. The molecule has 1 aromatic heterocycles. The van der Waals surface area contributed by atoms with Crippen molar-refractivity contribution in [1.82, 2.24) is 9.66 Å². The largest absolute Gasteiger partial charge is 0.503 e. The predicted octanol–water partition coefficient (Wildman–Crippen LogP) is 5.31. The number of ether oxygens (including phenoxy) is 1. The highest BCUT2D eigenvalue weighted by atomic mass is 79.9. The molecular weight excluding hydrogens is 458 g/mol. The predicted molar refractivity (Wildman–Crippen MR) is 120 cm³/mol. The van der Waals surface area contributed by atoms with E-state index in [9.17, 15) is 9.90 Å². The Morgan fingerprint density at radius 1 is 1.34 bits per heavy atom. The van der Waals surface area contributed by atoms with Crippen LogP contribution in [0.2, 0.25) is 5.02 Å². The van der Waals surface area contributed by atoms with Gasteiger partial charge in [-0.25, -0.2) is 4.98 Å². The number of aromatic hydroxyl groups is 1. The molecule has 1 N–H and O–H groups in total. The second-order valence-corrected chi connectivity index (χ2v) is 7.91. The molecule has 0 saturated heterocycles. The van der Waals surface area contributed by atoms with E-state index in [1.165, 1.54) is 10.9 Å². The third kappa shape index (κ3) is 4.46. The standard InChI is InChI=1S/C21H21BrClN3O3/c1-4-12(3)20-25-17-7-6-14(22)10-15(17)21(28)26(20)24-11-13-8-16(23)19(27)18(9-13)29-5-2/h6-12,27H,4-5H2,1-3H3/t12-/m1/s1. The summed E-state index contributed by atoms with van der Waals surface area (Å²) in [6, 6.07) is 8.59. The van der Waals surface area contributed by atoms with E-state index in [4.69, 9.17) is 16.3 Å². The van der Waals surface area contributed by atoms with Gasteiger partial charge in [-0.1, -0.05) is 41.4 Å². The summed E-state index contributed by atoms with van der Waals surface area (Å²) in [5, 5.41) is 15.0. The minimum absolute atomic E-state index is 0.0373. The lowest BCUT2D eigenvalue weighted by Crippen LogP contribution is -2.23. The van der Waals surface area contributed by atoms with Crippen LogP contribution in [0.1, 0.15) is 44.5 Å². The van der Waals surface area contributed by atoms with Gasteiger partial charge >= 0.3 is 0 Å². The first-order valence-corrected chi connectivity index (χ1v) is 10.4. The summed E-state index contributed by atoms with van der Waals surface area (Å²) in [5.41, 5.74) is 0.969. The SMILES string of the molecule is CCOc1cc(C=Nn2c([C@H](C)CC)nc3ccc(Br)cc3c2=O)cc(Cl)c1O. The lowest BCUT2D eigenvalue weighted by atomic mass is 10.1. The van der Waals surface area contributed by atoms with Crippen molar-refractivity contribution in [3.63, 3.8) is 0 Å². The van der Waals surface area contributed by atoms with Gasteiger partial charge in [0.2, 0.25) is 0 Å². The van der Waals surface area contributed by atoms with Gasteiger partial charge in [0.05, 0.1) is 28.7 Å². The van der Waals surface area contributed by atoms with E-state index in [2.05, 4.69) is 26.0 Å². The Morgan fingerprint density at radius 3 is 2.79 bits per heavy atom. The molecule has 0 unspecified atom stereocenters. The van der Waals surface area contributed by atoms with Crippen molar-refractivity contribution in [2.24, 2.45) is 5.10 Å². The van der Waals surface area contributed by atoms with Gasteiger partial charge in [0.1, 0.15) is 5.82 Å². The van der Waals surface area contributed by atoms with Gasteiger partial charge in [0, 0.05) is 10.4 Å². The quantitative estimate of drug-likeness (QED) is 0.487. The van der Waals surface area contributed by atoms with E-state index < -0.39 is 0 Å². The van der Waals surface area contributed by atoms with Crippen molar-refractivity contribution in [3.05, 3.63) is 61.6 Å². The molecule has 2 aromatic carbocycles. The van der Waals surface area contributed by atoms with Crippen LogP contribution < -0.4 is 10.3 Å².